The van der Waals surface area contributed by atoms with E-state index in [1.807, 2.05) is 36.4 Å². The summed E-state index contributed by atoms with van der Waals surface area (Å²) in [6.07, 6.45) is 1.83. The number of methoxy groups -OCH3 is 2. The van der Waals surface area contributed by atoms with Crippen molar-refractivity contribution in [3.05, 3.63) is 54.3 Å². The maximum absolute atomic E-state index is 12.3. The maximum Gasteiger partial charge on any atom is 0.228 e. The van der Waals surface area contributed by atoms with Gasteiger partial charge in [-0.25, -0.2) is 0 Å². The van der Waals surface area contributed by atoms with E-state index in [-0.39, 0.29) is 12.3 Å². The highest BCUT2D eigenvalue weighted by molar-refractivity contribution is 5.95. The molecule has 3 aromatic rings. The van der Waals surface area contributed by atoms with Crippen LogP contribution >= 0.6 is 0 Å². The first-order valence-electron chi connectivity index (χ1n) is 7.17. The molecule has 1 amide bonds. The zero-order valence-electron chi connectivity index (χ0n) is 13.0. The topological polar surface area (TPSA) is 60.7 Å². The Morgan fingerprint density at radius 2 is 1.87 bits per heavy atom. The van der Waals surface area contributed by atoms with Crippen molar-refractivity contribution >= 4 is 22.6 Å². The third-order valence-electron chi connectivity index (χ3n) is 3.57. The van der Waals surface area contributed by atoms with Crippen molar-refractivity contribution in [2.45, 2.75) is 6.42 Å². The third-order valence-corrected chi connectivity index (χ3v) is 3.57. The minimum Gasteiger partial charge on any atom is -0.497 e. The van der Waals surface area contributed by atoms with E-state index >= 15 is 0 Å². The summed E-state index contributed by atoms with van der Waals surface area (Å²) in [6.45, 7) is 0. The van der Waals surface area contributed by atoms with E-state index < -0.39 is 0 Å². The molecule has 1 heterocycles. The van der Waals surface area contributed by atoms with Crippen LogP contribution in [0.3, 0.4) is 0 Å². The molecule has 0 atom stereocenters. The second kappa shape index (κ2) is 6.44. The van der Waals surface area contributed by atoms with E-state index in [1.165, 1.54) is 0 Å². The minimum atomic E-state index is -0.122. The fourth-order valence-electron chi connectivity index (χ4n) is 2.40. The van der Waals surface area contributed by atoms with Gasteiger partial charge in [-0.3, -0.25) is 4.79 Å². The molecule has 0 spiro atoms. The number of nitrogens with one attached hydrogen (secondary N) is 1. The van der Waals surface area contributed by atoms with Gasteiger partial charge >= 0.3 is 0 Å². The monoisotopic (exact) mass is 311 g/mol. The molecule has 5 nitrogen and oxygen atoms in total. The third kappa shape index (κ3) is 3.29. The van der Waals surface area contributed by atoms with E-state index in [9.17, 15) is 4.79 Å². The summed E-state index contributed by atoms with van der Waals surface area (Å²) in [7, 11) is 3.20. The van der Waals surface area contributed by atoms with Crippen molar-refractivity contribution in [1.82, 2.24) is 0 Å². The van der Waals surface area contributed by atoms with Crippen molar-refractivity contribution in [3.63, 3.8) is 0 Å². The highest BCUT2D eigenvalue weighted by Gasteiger charge is 2.12. The van der Waals surface area contributed by atoms with Crippen LogP contribution in [-0.4, -0.2) is 20.1 Å². The molecule has 1 aromatic heterocycles. The zero-order valence-corrected chi connectivity index (χ0v) is 13.0. The molecular formula is C18H17NO4. The molecular weight excluding hydrogens is 294 g/mol. The molecule has 0 saturated carbocycles. The van der Waals surface area contributed by atoms with E-state index in [2.05, 4.69) is 5.32 Å². The van der Waals surface area contributed by atoms with E-state index in [4.69, 9.17) is 13.9 Å². The van der Waals surface area contributed by atoms with Crippen molar-refractivity contribution in [2.24, 2.45) is 0 Å². The van der Waals surface area contributed by atoms with Gasteiger partial charge in [-0.15, -0.1) is 0 Å². The Hall–Kier alpha value is -2.95. The SMILES string of the molecule is COc1cccc(NC(=O)Cc2coc3ccc(OC)cc23)c1. The van der Waals surface area contributed by atoms with Crippen LogP contribution in [0, 0.1) is 0 Å². The van der Waals surface area contributed by atoms with Crippen LogP contribution < -0.4 is 14.8 Å². The van der Waals surface area contributed by atoms with Crippen molar-refractivity contribution < 1.29 is 18.7 Å². The van der Waals surface area contributed by atoms with Crippen molar-refractivity contribution in [2.75, 3.05) is 19.5 Å². The number of hydrogen-bond donors (Lipinski definition) is 1. The Kier molecular flexibility index (Phi) is 4.19. The summed E-state index contributed by atoms with van der Waals surface area (Å²) in [5, 5.41) is 3.74. The van der Waals surface area contributed by atoms with Crippen LogP contribution in [0.25, 0.3) is 11.0 Å². The molecule has 0 aliphatic heterocycles. The molecule has 0 saturated heterocycles. The minimum absolute atomic E-state index is 0.122. The van der Waals surface area contributed by atoms with Crippen molar-refractivity contribution in [1.29, 1.82) is 0 Å². The van der Waals surface area contributed by atoms with Crippen LogP contribution in [0.1, 0.15) is 5.56 Å². The quantitative estimate of drug-likeness (QED) is 0.781. The molecule has 0 unspecified atom stereocenters. The van der Waals surface area contributed by atoms with Crippen molar-refractivity contribution in [3.8, 4) is 11.5 Å². The normalized spacial score (nSPS) is 10.5. The van der Waals surface area contributed by atoms with E-state index in [0.717, 1.165) is 22.3 Å². The number of carbonyl (C=O) groups excluding carboxylic acids is 1. The summed E-state index contributed by atoms with van der Waals surface area (Å²) < 4.78 is 15.8. The van der Waals surface area contributed by atoms with Gasteiger partial charge in [0.05, 0.1) is 26.9 Å². The largest absolute Gasteiger partial charge is 0.497 e. The average Bonchev–Trinajstić information content (AvgIpc) is 2.97. The summed E-state index contributed by atoms with van der Waals surface area (Å²) in [4.78, 5) is 12.3. The van der Waals surface area contributed by atoms with Gasteiger partial charge in [0.25, 0.3) is 0 Å². The summed E-state index contributed by atoms with van der Waals surface area (Å²) in [5.74, 6) is 1.30. The molecule has 2 aromatic carbocycles. The van der Waals surface area contributed by atoms with Gasteiger partial charge in [0, 0.05) is 22.7 Å². The Balaban J connectivity index is 1.77. The summed E-state index contributed by atoms with van der Waals surface area (Å²) >= 11 is 0. The Morgan fingerprint density at radius 1 is 1.09 bits per heavy atom. The number of rotatable bonds is 5. The van der Waals surface area contributed by atoms with Gasteiger partial charge in [-0.05, 0) is 30.3 Å². The Morgan fingerprint density at radius 3 is 2.65 bits per heavy atom. The van der Waals surface area contributed by atoms with E-state index in [1.54, 1.807) is 26.5 Å². The molecule has 0 fully saturated rings. The summed E-state index contributed by atoms with van der Waals surface area (Å²) in [5.41, 5.74) is 2.24. The number of carbonyl (C=O) groups is 1. The molecule has 0 aliphatic carbocycles. The number of furan rings is 1. The predicted octanol–water partition coefficient (Wildman–Crippen LogP) is 3.63. The number of amides is 1. The lowest BCUT2D eigenvalue weighted by Crippen LogP contribution is -2.14. The lowest BCUT2D eigenvalue weighted by Gasteiger charge is -2.06. The number of benzene rings is 2. The van der Waals surface area contributed by atoms with Gasteiger partial charge < -0.3 is 19.2 Å². The molecule has 3 rings (SSSR count). The second-order valence-corrected chi connectivity index (χ2v) is 5.08. The lowest BCUT2D eigenvalue weighted by molar-refractivity contribution is -0.115. The van der Waals surface area contributed by atoms with E-state index in [0.29, 0.717) is 11.4 Å². The molecule has 23 heavy (non-hydrogen) atoms. The molecule has 0 bridgehead atoms. The number of ether oxygens (including phenoxy) is 2. The van der Waals surface area contributed by atoms with Crippen LogP contribution in [-0.2, 0) is 11.2 Å². The molecule has 0 radical (unpaired) electrons. The fraction of sp³-hybridized carbons (Fsp3) is 0.167. The predicted molar refractivity (Wildman–Crippen MR) is 88.1 cm³/mol. The first-order chi connectivity index (χ1) is 11.2. The average molecular weight is 311 g/mol. The lowest BCUT2D eigenvalue weighted by atomic mass is 10.1. The molecule has 118 valence electrons. The standard InChI is InChI=1S/C18H17NO4/c1-21-14-5-3-4-13(9-14)19-18(20)8-12-11-23-17-7-6-15(22-2)10-16(12)17/h3-7,9-11H,8H2,1-2H3,(H,19,20). The van der Waals surface area contributed by atoms with Crippen LogP contribution in [0.2, 0.25) is 0 Å². The van der Waals surface area contributed by atoms with Crippen LogP contribution in [0.15, 0.2) is 53.1 Å². The Labute approximate surface area is 133 Å². The van der Waals surface area contributed by atoms with Crippen LogP contribution in [0.4, 0.5) is 5.69 Å². The van der Waals surface area contributed by atoms with Gasteiger partial charge in [-0.2, -0.15) is 0 Å². The van der Waals surface area contributed by atoms with Crippen LogP contribution in [0.5, 0.6) is 11.5 Å². The zero-order chi connectivity index (χ0) is 16.2. The summed E-state index contributed by atoms with van der Waals surface area (Å²) in [6, 6.07) is 12.8. The Bertz CT molecular complexity index is 838. The molecule has 0 aliphatic rings. The van der Waals surface area contributed by atoms with Gasteiger partial charge in [0.2, 0.25) is 5.91 Å². The smallest absolute Gasteiger partial charge is 0.228 e. The van der Waals surface area contributed by atoms with Gasteiger partial charge in [-0.1, -0.05) is 6.07 Å². The van der Waals surface area contributed by atoms with Gasteiger partial charge in [0.15, 0.2) is 0 Å². The first kappa shape index (κ1) is 15.0. The molecule has 5 heteroatoms. The number of fused-ring (bicyclic) bond motifs is 1. The highest BCUT2D eigenvalue weighted by atomic mass is 16.5. The fourth-order valence-corrected chi connectivity index (χ4v) is 2.40. The highest BCUT2D eigenvalue weighted by Crippen LogP contribution is 2.26. The number of hydrogen-bond acceptors (Lipinski definition) is 4. The molecule has 1 N–H and O–H groups in total. The maximum atomic E-state index is 12.3. The van der Waals surface area contributed by atoms with Gasteiger partial charge in [0.1, 0.15) is 17.1 Å². The second-order valence-electron chi connectivity index (χ2n) is 5.08. The first-order valence-corrected chi connectivity index (χ1v) is 7.17. The number of anilines is 1.